The average molecular weight is 307 g/mol. The third-order valence-electron chi connectivity index (χ3n) is 3.13. The zero-order chi connectivity index (χ0) is 14.1. The van der Waals surface area contributed by atoms with Gasteiger partial charge in [-0.3, -0.25) is 0 Å². The van der Waals surface area contributed by atoms with E-state index in [1.807, 2.05) is 25.3 Å². The van der Waals surface area contributed by atoms with Crippen molar-refractivity contribution in [2.75, 3.05) is 5.32 Å². The maximum atomic E-state index is 6.11. The van der Waals surface area contributed by atoms with Crippen LogP contribution in [-0.4, -0.2) is 15.0 Å². The molecule has 0 saturated heterocycles. The molecular formula is C14H12Cl2N4. The lowest BCUT2D eigenvalue weighted by Crippen LogP contribution is -2.02. The molecule has 102 valence electrons. The number of hydrogen-bond acceptors (Lipinski definition) is 3. The summed E-state index contributed by atoms with van der Waals surface area (Å²) in [7, 11) is 0. The number of pyridine rings is 2. The number of rotatable bonds is 3. The summed E-state index contributed by atoms with van der Waals surface area (Å²) < 4.78 is 0. The van der Waals surface area contributed by atoms with Gasteiger partial charge in [-0.05, 0) is 36.2 Å². The lowest BCUT2D eigenvalue weighted by Gasteiger charge is -2.10. The first kappa shape index (κ1) is 13.2. The Balaban J connectivity index is 1.87. The molecule has 0 saturated carbocycles. The number of halogens is 2. The Morgan fingerprint density at radius 2 is 2.20 bits per heavy atom. The largest absolute Gasteiger partial charge is 0.378 e. The second kappa shape index (κ2) is 5.31. The highest BCUT2D eigenvalue weighted by Gasteiger charge is 2.09. The van der Waals surface area contributed by atoms with Crippen molar-refractivity contribution in [3.05, 3.63) is 52.0 Å². The number of nitrogens with one attached hydrogen (secondary N) is 2. The molecule has 0 spiro atoms. The van der Waals surface area contributed by atoms with Crippen molar-refractivity contribution >= 4 is 39.9 Å². The molecule has 0 bridgehead atoms. The van der Waals surface area contributed by atoms with Crippen LogP contribution in [-0.2, 0) is 6.54 Å². The van der Waals surface area contributed by atoms with E-state index in [0.29, 0.717) is 16.9 Å². The third-order valence-corrected chi connectivity index (χ3v) is 3.60. The van der Waals surface area contributed by atoms with Crippen LogP contribution in [0.3, 0.4) is 0 Å². The summed E-state index contributed by atoms with van der Waals surface area (Å²) in [4.78, 5) is 11.5. The van der Waals surface area contributed by atoms with Crippen molar-refractivity contribution in [1.82, 2.24) is 15.0 Å². The number of nitrogens with zero attached hydrogens (tertiary/aromatic N) is 2. The maximum absolute atomic E-state index is 6.11. The minimum absolute atomic E-state index is 0.382. The summed E-state index contributed by atoms with van der Waals surface area (Å²) in [5.74, 6) is 0. The van der Waals surface area contributed by atoms with Crippen LogP contribution >= 0.6 is 23.2 Å². The summed E-state index contributed by atoms with van der Waals surface area (Å²) in [6.07, 6.45) is 3.71. The van der Waals surface area contributed by atoms with Gasteiger partial charge >= 0.3 is 0 Å². The molecule has 0 aliphatic rings. The molecule has 0 amide bonds. The second-order valence-corrected chi connectivity index (χ2v) is 5.24. The number of H-pyrrole nitrogens is 1. The number of anilines is 1. The van der Waals surface area contributed by atoms with Gasteiger partial charge in [-0.1, -0.05) is 23.2 Å². The van der Waals surface area contributed by atoms with E-state index >= 15 is 0 Å². The van der Waals surface area contributed by atoms with E-state index in [0.717, 1.165) is 27.8 Å². The van der Waals surface area contributed by atoms with E-state index in [-0.39, 0.29) is 0 Å². The quantitative estimate of drug-likeness (QED) is 0.714. The molecule has 0 atom stereocenters. The van der Waals surface area contributed by atoms with Crippen LogP contribution in [0.25, 0.3) is 11.0 Å². The summed E-state index contributed by atoms with van der Waals surface area (Å²) in [5, 5.41) is 5.18. The molecule has 3 aromatic heterocycles. The number of aromatic nitrogens is 3. The van der Waals surface area contributed by atoms with Crippen molar-refractivity contribution in [2.24, 2.45) is 0 Å². The molecule has 4 nitrogen and oxygen atoms in total. The average Bonchev–Trinajstić information content (AvgIpc) is 2.81. The molecule has 0 aromatic carbocycles. The fourth-order valence-corrected chi connectivity index (χ4v) is 2.75. The van der Waals surface area contributed by atoms with Gasteiger partial charge in [-0.25, -0.2) is 9.97 Å². The summed E-state index contributed by atoms with van der Waals surface area (Å²) in [6, 6.07) is 5.73. The SMILES string of the molecule is Cc1cc(Cl)nc(Cl)c1NCc1c[nH]c2ncccc12. The minimum Gasteiger partial charge on any atom is -0.378 e. The van der Waals surface area contributed by atoms with Crippen LogP contribution in [0.4, 0.5) is 5.69 Å². The van der Waals surface area contributed by atoms with Gasteiger partial charge in [0.05, 0.1) is 5.69 Å². The fourth-order valence-electron chi connectivity index (χ4n) is 2.15. The van der Waals surface area contributed by atoms with Crippen LogP contribution in [0.15, 0.2) is 30.6 Å². The molecule has 3 heterocycles. The topological polar surface area (TPSA) is 53.6 Å². The highest BCUT2D eigenvalue weighted by Crippen LogP contribution is 2.27. The number of fused-ring (bicyclic) bond motifs is 1. The van der Waals surface area contributed by atoms with E-state index in [9.17, 15) is 0 Å². The third kappa shape index (κ3) is 2.44. The minimum atomic E-state index is 0.382. The molecule has 3 rings (SSSR count). The first-order valence-electron chi connectivity index (χ1n) is 6.12. The Bertz CT molecular complexity index is 744. The van der Waals surface area contributed by atoms with E-state index in [4.69, 9.17) is 23.2 Å². The Labute approximate surface area is 126 Å². The van der Waals surface area contributed by atoms with Gasteiger partial charge < -0.3 is 10.3 Å². The monoisotopic (exact) mass is 306 g/mol. The van der Waals surface area contributed by atoms with Gasteiger partial charge in [0, 0.05) is 24.3 Å². The molecule has 0 aliphatic carbocycles. The molecule has 20 heavy (non-hydrogen) atoms. The van der Waals surface area contributed by atoms with Crippen molar-refractivity contribution in [3.8, 4) is 0 Å². The predicted molar refractivity (Wildman–Crippen MR) is 82.4 cm³/mol. The Hall–Kier alpha value is -1.78. The zero-order valence-electron chi connectivity index (χ0n) is 10.7. The highest BCUT2D eigenvalue weighted by atomic mass is 35.5. The molecule has 2 N–H and O–H groups in total. The Morgan fingerprint density at radius 3 is 3.00 bits per heavy atom. The lowest BCUT2D eigenvalue weighted by molar-refractivity contribution is 1.13. The van der Waals surface area contributed by atoms with Crippen LogP contribution in [0, 0.1) is 6.92 Å². The standard InChI is InChI=1S/C14H12Cl2N4/c1-8-5-11(15)20-13(16)12(8)18-6-9-7-19-14-10(9)3-2-4-17-14/h2-5,7,18H,6H2,1H3,(H,17,19). The first-order valence-corrected chi connectivity index (χ1v) is 6.88. The van der Waals surface area contributed by atoms with Gasteiger partial charge in [0.1, 0.15) is 10.8 Å². The Morgan fingerprint density at radius 1 is 1.35 bits per heavy atom. The van der Waals surface area contributed by atoms with Gasteiger partial charge in [-0.2, -0.15) is 0 Å². The van der Waals surface area contributed by atoms with Crippen LogP contribution in [0.5, 0.6) is 0 Å². The van der Waals surface area contributed by atoms with Crippen molar-refractivity contribution in [3.63, 3.8) is 0 Å². The molecule has 0 radical (unpaired) electrons. The number of aromatic amines is 1. The molecule has 0 fully saturated rings. The zero-order valence-corrected chi connectivity index (χ0v) is 12.3. The molecule has 3 aromatic rings. The molecule has 6 heteroatoms. The summed E-state index contributed by atoms with van der Waals surface area (Å²) in [6.45, 7) is 2.58. The fraction of sp³-hybridized carbons (Fsp3) is 0.143. The predicted octanol–water partition coefficient (Wildman–Crippen LogP) is 4.19. The normalized spacial score (nSPS) is 10.9. The Kier molecular flexibility index (Phi) is 3.51. The summed E-state index contributed by atoms with van der Waals surface area (Å²) in [5.41, 5.74) is 3.77. The van der Waals surface area contributed by atoms with Crippen molar-refractivity contribution in [1.29, 1.82) is 0 Å². The van der Waals surface area contributed by atoms with Crippen molar-refractivity contribution in [2.45, 2.75) is 13.5 Å². The molecule has 0 unspecified atom stereocenters. The van der Waals surface area contributed by atoms with Crippen LogP contribution in [0.1, 0.15) is 11.1 Å². The van der Waals surface area contributed by atoms with E-state index in [2.05, 4.69) is 20.3 Å². The smallest absolute Gasteiger partial charge is 0.154 e. The van der Waals surface area contributed by atoms with Crippen LogP contribution in [0.2, 0.25) is 10.3 Å². The summed E-state index contributed by atoms with van der Waals surface area (Å²) >= 11 is 12.0. The van der Waals surface area contributed by atoms with E-state index in [1.54, 1.807) is 12.3 Å². The number of hydrogen-bond donors (Lipinski definition) is 2. The highest BCUT2D eigenvalue weighted by molar-refractivity contribution is 6.34. The number of aryl methyl sites for hydroxylation is 1. The lowest BCUT2D eigenvalue weighted by atomic mass is 10.2. The van der Waals surface area contributed by atoms with E-state index < -0.39 is 0 Å². The first-order chi connectivity index (χ1) is 9.65. The second-order valence-electron chi connectivity index (χ2n) is 4.49. The van der Waals surface area contributed by atoms with Gasteiger partial charge in [0.25, 0.3) is 0 Å². The van der Waals surface area contributed by atoms with E-state index in [1.165, 1.54) is 0 Å². The maximum Gasteiger partial charge on any atom is 0.154 e. The van der Waals surface area contributed by atoms with Crippen LogP contribution < -0.4 is 5.32 Å². The molecule has 0 aliphatic heterocycles. The van der Waals surface area contributed by atoms with Crippen molar-refractivity contribution < 1.29 is 0 Å². The van der Waals surface area contributed by atoms with Gasteiger partial charge in [-0.15, -0.1) is 0 Å². The molecular weight excluding hydrogens is 295 g/mol. The van der Waals surface area contributed by atoms with Gasteiger partial charge in [0.15, 0.2) is 5.15 Å². The van der Waals surface area contributed by atoms with Gasteiger partial charge in [0.2, 0.25) is 0 Å².